The number of hydrogen-bond acceptors (Lipinski definition) is 8. The zero-order valence-electron chi connectivity index (χ0n) is 22.8. The zero-order valence-corrected chi connectivity index (χ0v) is 22.8. The van der Waals surface area contributed by atoms with Crippen LogP contribution in [0.2, 0.25) is 0 Å². The summed E-state index contributed by atoms with van der Waals surface area (Å²) in [5, 5.41) is 3.51. The fourth-order valence-corrected chi connectivity index (χ4v) is 7.35. The van der Waals surface area contributed by atoms with E-state index in [4.69, 9.17) is 8.83 Å². The normalized spacial score (nSPS) is 29.1. The minimum absolute atomic E-state index is 0.381. The van der Waals surface area contributed by atoms with Gasteiger partial charge in [-0.25, -0.2) is 19.8 Å². The van der Waals surface area contributed by atoms with Gasteiger partial charge in [0.05, 0.1) is 47.8 Å². The molecule has 42 heavy (non-hydrogen) atoms. The molecule has 0 aliphatic carbocycles. The molecule has 0 radical (unpaired) electrons. The molecule has 0 saturated carbocycles. The largest absolute Gasteiger partial charge is 0.468 e. The Morgan fingerprint density at radius 1 is 0.524 bits per heavy atom. The predicted molar refractivity (Wildman–Crippen MR) is 148 cm³/mol. The highest BCUT2D eigenvalue weighted by molar-refractivity contribution is 6.26. The van der Waals surface area contributed by atoms with E-state index in [1.807, 2.05) is 26.0 Å². The summed E-state index contributed by atoms with van der Waals surface area (Å²) in [6.07, 6.45) is 3.01. The van der Waals surface area contributed by atoms with Gasteiger partial charge in [0.25, 0.3) is 11.8 Å². The van der Waals surface area contributed by atoms with Crippen LogP contribution in [0, 0.1) is 25.7 Å². The molecule has 10 heteroatoms. The number of hydrogen-bond donors (Lipinski definition) is 0. The second kappa shape index (κ2) is 8.85. The first-order chi connectivity index (χ1) is 20.4. The summed E-state index contributed by atoms with van der Waals surface area (Å²) in [6.45, 7) is 3.79. The van der Waals surface area contributed by atoms with Gasteiger partial charge < -0.3 is 8.83 Å². The van der Waals surface area contributed by atoms with Gasteiger partial charge >= 0.3 is 0 Å². The van der Waals surface area contributed by atoms with Crippen molar-refractivity contribution in [3.8, 4) is 0 Å². The molecule has 6 heterocycles. The lowest BCUT2D eigenvalue weighted by Gasteiger charge is -2.34. The molecule has 10 nitrogen and oxygen atoms in total. The topological polar surface area (TPSA) is 108 Å². The number of rotatable bonds is 4. The third-order valence-electron chi connectivity index (χ3n) is 8.91. The van der Waals surface area contributed by atoms with E-state index in [2.05, 4.69) is 0 Å². The van der Waals surface area contributed by atoms with Crippen LogP contribution in [0.25, 0.3) is 0 Å². The molecule has 4 amide bonds. The second-order valence-electron chi connectivity index (χ2n) is 11.3. The van der Waals surface area contributed by atoms with Gasteiger partial charge in [0.1, 0.15) is 23.6 Å². The second-order valence-corrected chi connectivity index (χ2v) is 11.3. The van der Waals surface area contributed by atoms with Gasteiger partial charge in [0.15, 0.2) is 0 Å². The van der Waals surface area contributed by atoms with Gasteiger partial charge in [-0.05, 0) is 73.5 Å². The lowest BCUT2D eigenvalue weighted by Crippen LogP contribution is -2.50. The van der Waals surface area contributed by atoms with E-state index in [1.165, 1.54) is 22.3 Å². The summed E-state index contributed by atoms with van der Waals surface area (Å²) < 4.78 is 11.7. The lowest BCUT2D eigenvalue weighted by molar-refractivity contribution is -0.136. The molecule has 4 aliphatic heterocycles. The zero-order chi connectivity index (χ0) is 28.9. The summed E-state index contributed by atoms with van der Waals surface area (Å²) in [7, 11) is 0. The van der Waals surface area contributed by atoms with Crippen molar-refractivity contribution < 1.29 is 28.0 Å². The van der Waals surface area contributed by atoms with Crippen molar-refractivity contribution in [3.63, 3.8) is 0 Å². The number of benzene rings is 2. The first-order valence-corrected chi connectivity index (χ1v) is 13.9. The Bertz CT molecular complexity index is 1640. The van der Waals surface area contributed by atoms with Crippen LogP contribution >= 0.6 is 0 Å². The summed E-state index contributed by atoms with van der Waals surface area (Å²) in [5.41, 5.74) is 2.78. The standard InChI is InChI=1S/C32H26N4O6/c1-17-7-3-9-19(15-17)33-29(37)23-25(21-11-5-13-41-21)36-28-24(26(22-12-6-14-42-22)35(36)27(23)31(33)39)30(38)34(32(28)40)20-10-4-8-18(2)16-20/h3-16,23-28H,1-2H3/t23-,24-,25+,26+,27+,28+/m0/s1. The third kappa shape index (κ3) is 3.21. The number of anilines is 2. The van der Waals surface area contributed by atoms with Crippen LogP contribution in [0.1, 0.15) is 34.7 Å². The average molecular weight is 563 g/mol. The number of hydrazine groups is 1. The van der Waals surface area contributed by atoms with Gasteiger partial charge in [0, 0.05) is 0 Å². The van der Waals surface area contributed by atoms with E-state index in [1.54, 1.807) is 70.7 Å². The van der Waals surface area contributed by atoms with Crippen molar-refractivity contribution in [1.29, 1.82) is 0 Å². The smallest absolute Gasteiger partial charge is 0.253 e. The molecule has 0 bridgehead atoms. The minimum Gasteiger partial charge on any atom is -0.468 e. The lowest BCUT2D eigenvalue weighted by atomic mass is 9.87. The van der Waals surface area contributed by atoms with Gasteiger partial charge in [-0.15, -0.1) is 0 Å². The van der Waals surface area contributed by atoms with Gasteiger partial charge in [0.2, 0.25) is 11.8 Å². The molecule has 2 aromatic carbocycles. The maximum Gasteiger partial charge on any atom is 0.253 e. The number of furan rings is 2. The molecular weight excluding hydrogens is 536 g/mol. The Balaban J connectivity index is 1.31. The maximum absolute atomic E-state index is 14.3. The SMILES string of the molecule is Cc1cccc(N2C(=O)[C@H]3[C@@H](c4ccco4)N4[C@H]5C(=O)N(c6cccc(C)c6)C(=O)[C@H]5[C@@H](c5ccco5)N4[C@H]3C2=O)c1. The number of aryl methyl sites for hydroxylation is 2. The van der Waals surface area contributed by atoms with Crippen LogP contribution < -0.4 is 9.80 Å². The fraction of sp³-hybridized carbons (Fsp3) is 0.250. The number of carbonyl (C=O) groups is 4. The number of amides is 4. The number of nitrogens with zero attached hydrogens (tertiary/aromatic N) is 4. The van der Waals surface area contributed by atoms with Crippen LogP contribution in [0.4, 0.5) is 11.4 Å². The van der Waals surface area contributed by atoms with Crippen LogP contribution in [0.15, 0.2) is 94.2 Å². The van der Waals surface area contributed by atoms with E-state index in [0.717, 1.165) is 11.1 Å². The Kier molecular flexibility index (Phi) is 5.26. The highest BCUT2D eigenvalue weighted by Crippen LogP contribution is 2.59. The van der Waals surface area contributed by atoms with E-state index >= 15 is 0 Å². The van der Waals surface area contributed by atoms with Crippen molar-refractivity contribution in [2.75, 3.05) is 9.80 Å². The highest BCUT2D eigenvalue weighted by Gasteiger charge is 2.74. The predicted octanol–water partition coefficient (Wildman–Crippen LogP) is 3.93. The molecule has 6 atom stereocenters. The Hall–Kier alpha value is -4.80. The van der Waals surface area contributed by atoms with Gasteiger partial charge in [-0.2, -0.15) is 0 Å². The van der Waals surface area contributed by atoms with E-state index < -0.39 is 47.8 Å². The van der Waals surface area contributed by atoms with Crippen LogP contribution in [-0.2, 0) is 19.2 Å². The average Bonchev–Trinajstić information content (AvgIpc) is 3.79. The molecule has 4 aliphatic rings. The molecule has 8 rings (SSSR count). The van der Waals surface area contributed by atoms with Crippen molar-refractivity contribution in [2.45, 2.75) is 38.0 Å². The van der Waals surface area contributed by atoms with Gasteiger partial charge in [-0.3, -0.25) is 19.2 Å². The summed E-state index contributed by atoms with van der Waals surface area (Å²) in [5.74, 6) is -2.47. The van der Waals surface area contributed by atoms with Crippen LogP contribution in [0.3, 0.4) is 0 Å². The van der Waals surface area contributed by atoms with E-state index in [-0.39, 0.29) is 11.8 Å². The molecule has 4 fully saturated rings. The Morgan fingerprint density at radius 3 is 1.31 bits per heavy atom. The molecule has 4 saturated heterocycles. The third-order valence-corrected chi connectivity index (χ3v) is 8.91. The molecule has 2 aromatic heterocycles. The molecule has 0 spiro atoms. The molecule has 4 aromatic rings. The number of carbonyl (C=O) groups excluding carboxylic acids is 4. The van der Waals surface area contributed by atoms with Gasteiger partial charge in [-0.1, -0.05) is 24.3 Å². The van der Waals surface area contributed by atoms with Crippen molar-refractivity contribution in [3.05, 3.63) is 108 Å². The summed E-state index contributed by atoms with van der Waals surface area (Å²) >= 11 is 0. The van der Waals surface area contributed by atoms with Crippen LogP contribution in [-0.4, -0.2) is 45.7 Å². The summed E-state index contributed by atoms with van der Waals surface area (Å²) in [6, 6.07) is 17.9. The minimum atomic E-state index is -0.971. The first kappa shape index (κ1) is 25.0. The Morgan fingerprint density at radius 2 is 0.952 bits per heavy atom. The van der Waals surface area contributed by atoms with Crippen molar-refractivity contribution in [1.82, 2.24) is 10.0 Å². The molecular formula is C32H26N4O6. The maximum atomic E-state index is 14.3. The monoisotopic (exact) mass is 562 g/mol. The van der Waals surface area contributed by atoms with E-state index in [0.29, 0.717) is 22.9 Å². The number of imide groups is 2. The molecule has 210 valence electrons. The van der Waals surface area contributed by atoms with Crippen molar-refractivity contribution in [2.24, 2.45) is 11.8 Å². The first-order valence-electron chi connectivity index (χ1n) is 13.9. The Labute approximate surface area is 240 Å². The number of fused-ring (bicyclic) bond motifs is 5. The quantitative estimate of drug-likeness (QED) is 0.345. The van der Waals surface area contributed by atoms with Crippen molar-refractivity contribution >= 4 is 35.0 Å². The summed E-state index contributed by atoms with van der Waals surface area (Å²) in [4.78, 5) is 59.5. The van der Waals surface area contributed by atoms with E-state index in [9.17, 15) is 19.2 Å². The highest BCUT2D eigenvalue weighted by atomic mass is 16.3. The molecule has 0 unspecified atom stereocenters. The molecule has 0 N–H and O–H groups in total. The van der Waals surface area contributed by atoms with Crippen LogP contribution in [0.5, 0.6) is 0 Å². The fourth-order valence-electron chi connectivity index (χ4n) is 7.35.